The Kier molecular flexibility index (Phi) is 6.76. The molecule has 9 nitrogen and oxygen atoms in total. The molecule has 0 aliphatic carbocycles. The van der Waals surface area contributed by atoms with Crippen LogP contribution in [-0.4, -0.2) is 62.1 Å². The first kappa shape index (κ1) is 25.4. The van der Waals surface area contributed by atoms with E-state index in [1.54, 1.807) is 32.3 Å². The van der Waals surface area contributed by atoms with E-state index >= 15 is 0 Å². The number of ether oxygens (including phenoxy) is 1. The van der Waals surface area contributed by atoms with E-state index < -0.39 is 5.60 Å². The number of hydrogen-bond donors (Lipinski definition) is 2. The first-order valence-corrected chi connectivity index (χ1v) is 13.3. The van der Waals surface area contributed by atoms with E-state index in [1.165, 1.54) is 22.7 Å². The molecule has 36 heavy (non-hydrogen) atoms. The molecule has 0 bridgehead atoms. The van der Waals surface area contributed by atoms with Crippen LogP contribution in [0.4, 0.5) is 5.82 Å². The molecule has 0 radical (unpaired) electrons. The smallest absolute Gasteiger partial charge is 0.262 e. The molecule has 4 heterocycles. The molecule has 2 aliphatic heterocycles. The Morgan fingerprint density at radius 1 is 1.25 bits per heavy atom. The number of aromatic nitrogens is 4. The minimum absolute atomic E-state index is 0.0618. The van der Waals surface area contributed by atoms with E-state index in [-0.39, 0.29) is 29.7 Å². The highest BCUT2D eigenvalue weighted by Crippen LogP contribution is 2.42. The third kappa shape index (κ3) is 4.84. The molecular weight excluding hydrogens is 500 g/mol. The Labute approximate surface area is 219 Å². The predicted octanol–water partition coefficient (Wildman–Crippen LogP) is 3.09. The lowest BCUT2D eigenvalue weighted by Gasteiger charge is -2.41. The number of nitrogens with zero attached hydrogens (tertiary/aromatic N) is 5. The van der Waals surface area contributed by atoms with Gasteiger partial charge in [0.2, 0.25) is 0 Å². The Hall–Kier alpha value is -2.24. The number of anilines is 1. The Balaban J connectivity index is 1.31. The number of aliphatic hydroxyl groups is 1. The maximum absolute atomic E-state index is 13.1. The molecule has 2 saturated heterocycles. The van der Waals surface area contributed by atoms with Crippen molar-refractivity contribution in [3.8, 4) is 0 Å². The highest BCUT2D eigenvalue weighted by atomic mass is 35.5. The van der Waals surface area contributed by atoms with Gasteiger partial charge in [0.05, 0.1) is 59.5 Å². The van der Waals surface area contributed by atoms with E-state index in [1.807, 2.05) is 6.07 Å². The third-order valence-corrected chi connectivity index (χ3v) is 8.70. The molecule has 2 atom stereocenters. The molecule has 0 unspecified atom stereocenters. The van der Waals surface area contributed by atoms with Crippen LogP contribution in [0.5, 0.6) is 0 Å². The summed E-state index contributed by atoms with van der Waals surface area (Å²) < 4.78 is 7.20. The van der Waals surface area contributed by atoms with Gasteiger partial charge in [0.25, 0.3) is 5.56 Å². The molecule has 0 saturated carbocycles. The first-order valence-electron chi connectivity index (χ1n) is 12.1. The van der Waals surface area contributed by atoms with Crippen LogP contribution in [0.15, 0.2) is 45.6 Å². The lowest BCUT2D eigenvalue weighted by molar-refractivity contribution is 0.0603. The quantitative estimate of drug-likeness (QED) is 0.512. The summed E-state index contributed by atoms with van der Waals surface area (Å²) in [5.41, 5.74) is 5.66. The zero-order valence-corrected chi connectivity index (χ0v) is 22.2. The SMILES string of the molecule is C[C@@H]1OCC2(CCN(c3cnc(Sc4ccc5ncn(CC(C)(C)O)c(=O)c5c4Cl)cn3)CC2)[C@@H]1N. The number of benzene rings is 1. The van der Waals surface area contributed by atoms with Crippen molar-refractivity contribution in [2.45, 2.75) is 67.8 Å². The van der Waals surface area contributed by atoms with Crippen LogP contribution in [-0.2, 0) is 11.3 Å². The van der Waals surface area contributed by atoms with Crippen LogP contribution in [0.1, 0.15) is 33.6 Å². The minimum atomic E-state index is -1.06. The Morgan fingerprint density at radius 3 is 2.61 bits per heavy atom. The van der Waals surface area contributed by atoms with E-state index in [2.05, 4.69) is 26.8 Å². The standard InChI is InChI=1S/C25H31ClN6O3S/c1-15-22(27)25(13-35-15)6-8-31(9-7-25)18-10-29-19(11-28-18)36-17-5-4-16-20(21(17)26)23(33)32(14-30-16)12-24(2,3)34/h4-5,10-11,14-15,22,34H,6-9,12-13,27H2,1-3H3/t15-,22+/m0/s1. The second kappa shape index (κ2) is 9.57. The minimum Gasteiger partial charge on any atom is -0.389 e. The molecule has 2 aromatic heterocycles. The van der Waals surface area contributed by atoms with E-state index in [4.69, 9.17) is 22.1 Å². The molecular formula is C25H31ClN6O3S. The number of rotatable bonds is 5. The summed E-state index contributed by atoms with van der Waals surface area (Å²) in [5, 5.41) is 11.4. The van der Waals surface area contributed by atoms with Crippen molar-refractivity contribution in [2.75, 3.05) is 24.6 Å². The van der Waals surface area contributed by atoms with E-state index in [0.717, 1.165) is 38.4 Å². The van der Waals surface area contributed by atoms with Crippen molar-refractivity contribution in [2.24, 2.45) is 11.1 Å². The average Bonchev–Trinajstić information content (AvgIpc) is 3.11. The molecule has 1 spiro atoms. The van der Waals surface area contributed by atoms with Crippen LogP contribution < -0.4 is 16.2 Å². The van der Waals surface area contributed by atoms with Crippen LogP contribution in [0.3, 0.4) is 0 Å². The van der Waals surface area contributed by atoms with Gasteiger partial charge in [-0.15, -0.1) is 0 Å². The lowest BCUT2D eigenvalue weighted by atomic mass is 9.73. The zero-order valence-electron chi connectivity index (χ0n) is 20.6. The van der Waals surface area contributed by atoms with Gasteiger partial charge in [0.15, 0.2) is 0 Å². The summed E-state index contributed by atoms with van der Waals surface area (Å²) in [6.07, 6.45) is 7.00. The molecule has 2 aliphatic rings. The number of piperidine rings is 1. The number of halogens is 1. The van der Waals surface area contributed by atoms with Crippen LogP contribution in [0.2, 0.25) is 5.02 Å². The van der Waals surface area contributed by atoms with Crippen LogP contribution in [0.25, 0.3) is 10.9 Å². The highest BCUT2D eigenvalue weighted by molar-refractivity contribution is 7.99. The maximum Gasteiger partial charge on any atom is 0.262 e. The van der Waals surface area contributed by atoms with Gasteiger partial charge in [-0.25, -0.2) is 15.0 Å². The fourth-order valence-corrected chi connectivity index (χ4v) is 6.21. The molecule has 11 heteroatoms. The molecule has 192 valence electrons. The Morgan fingerprint density at radius 2 is 2.00 bits per heavy atom. The third-order valence-electron chi connectivity index (χ3n) is 7.21. The van der Waals surface area contributed by atoms with Crippen molar-refractivity contribution < 1.29 is 9.84 Å². The van der Waals surface area contributed by atoms with Gasteiger partial charge < -0.3 is 20.5 Å². The summed E-state index contributed by atoms with van der Waals surface area (Å²) in [4.78, 5) is 29.6. The molecule has 3 aromatic rings. The predicted molar refractivity (Wildman–Crippen MR) is 141 cm³/mol. The van der Waals surface area contributed by atoms with Crippen LogP contribution >= 0.6 is 23.4 Å². The number of nitrogens with two attached hydrogens (primary N) is 1. The molecule has 5 rings (SSSR count). The zero-order chi connectivity index (χ0) is 25.7. The molecule has 1 aromatic carbocycles. The van der Waals surface area contributed by atoms with Gasteiger partial charge in [-0.1, -0.05) is 23.4 Å². The average molecular weight is 531 g/mol. The molecule has 3 N–H and O–H groups in total. The summed E-state index contributed by atoms with van der Waals surface area (Å²) in [7, 11) is 0. The fourth-order valence-electron chi connectivity index (χ4n) is 5.09. The van der Waals surface area contributed by atoms with Gasteiger partial charge >= 0.3 is 0 Å². The second-order valence-corrected chi connectivity index (χ2v) is 11.9. The van der Waals surface area contributed by atoms with Gasteiger partial charge in [-0.2, -0.15) is 0 Å². The first-order chi connectivity index (χ1) is 17.1. The van der Waals surface area contributed by atoms with E-state index in [9.17, 15) is 9.90 Å². The topological polar surface area (TPSA) is 119 Å². The van der Waals surface area contributed by atoms with Crippen molar-refractivity contribution in [3.05, 3.63) is 46.2 Å². The monoisotopic (exact) mass is 530 g/mol. The largest absolute Gasteiger partial charge is 0.389 e. The Bertz CT molecular complexity index is 1320. The summed E-state index contributed by atoms with van der Waals surface area (Å²) >= 11 is 8.01. The maximum atomic E-state index is 13.1. The normalized spacial score (nSPS) is 22.0. The fraction of sp³-hybridized carbons (Fsp3) is 0.520. The number of fused-ring (bicyclic) bond motifs is 1. The van der Waals surface area contributed by atoms with Gasteiger partial charge in [0.1, 0.15) is 10.8 Å². The second-order valence-electron chi connectivity index (χ2n) is 10.5. The van der Waals surface area contributed by atoms with Crippen molar-refractivity contribution in [3.63, 3.8) is 0 Å². The van der Waals surface area contributed by atoms with E-state index in [0.29, 0.717) is 25.8 Å². The van der Waals surface area contributed by atoms with Crippen molar-refractivity contribution in [1.82, 2.24) is 19.5 Å². The number of hydrogen-bond acceptors (Lipinski definition) is 9. The summed E-state index contributed by atoms with van der Waals surface area (Å²) in [6, 6.07) is 3.67. The van der Waals surface area contributed by atoms with Gasteiger partial charge in [0, 0.05) is 29.4 Å². The van der Waals surface area contributed by atoms with Gasteiger partial charge in [-0.3, -0.25) is 9.36 Å². The van der Waals surface area contributed by atoms with Crippen molar-refractivity contribution >= 4 is 40.1 Å². The molecule has 2 fully saturated rings. The van der Waals surface area contributed by atoms with Crippen LogP contribution in [0, 0.1) is 5.41 Å². The van der Waals surface area contributed by atoms with Crippen molar-refractivity contribution in [1.29, 1.82) is 0 Å². The summed E-state index contributed by atoms with van der Waals surface area (Å²) in [6.45, 7) is 7.91. The summed E-state index contributed by atoms with van der Waals surface area (Å²) in [5.74, 6) is 0.832. The molecule has 0 amide bonds. The van der Waals surface area contributed by atoms with Gasteiger partial charge in [-0.05, 0) is 45.7 Å². The highest BCUT2D eigenvalue weighted by Gasteiger charge is 2.47. The lowest BCUT2D eigenvalue weighted by Crippen LogP contribution is -2.50.